The molecule has 3 nitrogen and oxygen atoms in total. The van der Waals surface area contributed by atoms with E-state index in [1.54, 1.807) is 26.4 Å². The highest BCUT2D eigenvalue weighted by atomic mass is 28.4. The summed E-state index contributed by atoms with van der Waals surface area (Å²) in [5, 5.41) is 0. The van der Waals surface area contributed by atoms with E-state index in [4.69, 9.17) is 13.3 Å². The molecule has 0 saturated carbocycles. The average molecular weight is 258 g/mol. The molecular weight excluding hydrogens is 239 g/mol. The fraction of sp³-hybridized carbons (Fsp3) is 0.500. The molecule has 17 heavy (non-hydrogen) atoms. The van der Waals surface area contributed by atoms with Crippen LogP contribution in [0, 0.1) is 5.82 Å². The molecule has 0 heterocycles. The van der Waals surface area contributed by atoms with Crippen LogP contribution in [0.15, 0.2) is 24.3 Å². The van der Waals surface area contributed by atoms with Gasteiger partial charge in [-0.15, -0.1) is 0 Å². The molecule has 0 N–H and O–H groups in total. The Labute approximate surface area is 103 Å². The first kappa shape index (κ1) is 14.3. The van der Waals surface area contributed by atoms with Gasteiger partial charge in [0.15, 0.2) is 0 Å². The summed E-state index contributed by atoms with van der Waals surface area (Å²) >= 11 is 0. The van der Waals surface area contributed by atoms with E-state index in [0.29, 0.717) is 12.7 Å². The van der Waals surface area contributed by atoms with E-state index < -0.39 is 8.80 Å². The zero-order chi connectivity index (χ0) is 12.7. The molecule has 0 aliphatic carbocycles. The molecule has 1 aromatic rings. The number of aryl methyl sites for hydroxylation is 1. The Balaban J connectivity index is 2.60. The Hall–Kier alpha value is -0.753. The second-order valence-electron chi connectivity index (χ2n) is 3.65. The lowest BCUT2D eigenvalue weighted by molar-refractivity contribution is 0.104. The Kier molecular flexibility index (Phi) is 5.77. The van der Waals surface area contributed by atoms with E-state index in [1.807, 2.05) is 6.92 Å². The van der Waals surface area contributed by atoms with E-state index in [-0.39, 0.29) is 5.82 Å². The van der Waals surface area contributed by atoms with Crippen LogP contribution in [-0.2, 0) is 19.7 Å². The van der Waals surface area contributed by atoms with Crippen LogP contribution in [0.2, 0.25) is 6.04 Å². The molecule has 96 valence electrons. The minimum atomic E-state index is -2.53. The monoisotopic (exact) mass is 258 g/mol. The van der Waals surface area contributed by atoms with Crippen LogP contribution >= 0.6 is 0 Å². The van der Waals surface area contributed by atoms with Crippen LogP contribution in [0.25, 0.3) is 0 Å². The third-order valence-corrected chi connectivity index (χ3v) is 5.45. The van der Waals surface area contributed by atoms with Gasteiger partial charge in [-0.1, -0.05) is 12.1 Å². The summed E-state index contributed by atoms with van der Waals surface area (Å²) < 4.78 is 29.1. The van der Waals surface area contributed by atoms with E-state index in [1.165, 1.54) is 12.1 Å². The van der Waals surface area contributed by atoms with Crippen molar-refractivity contribution in [1.82, 2.24) is 0 Å². The average Bonchev–Trinajstić information content (AvgIpc) is 2.36. The largest absolute Gasteiger partial charge is 0.500 e. The van der Waals surface area contributed by atoms with Gasteiger partial charge in [-0.25, -0.2) is 4.39 Å². The topological polar surface area (TPSA) is 27.7 Å². The lowest BCUT2D eigenvalue weighted by Gasteiger charge is -2.25. The molecule has 1 rings (SSSR count). The van der Waals surface area contributed by atoms with Crippen LogP contribution in [0.3, 0.4) is 0 Å². The van der Waals surface area contributed by atoms with E-state index in [0.717, 1.165) is 12.0 Å². The molecule has 0 atom stereocenters. The molecule has 0 radical (unpaired) electrons. The molecule has 0 unspecified atom stereocenters. The maximum absolute atomic E-state index is 12.7. The molecule has 0 saturated heterocycles. The molecule has 1 aromatic carbocycles. The molecule has 0 spiro atoms. The Morgan fingerprint density at radius 2 is 1.71 bits per heavy atom. The molecule has 0 bridgehead atoms. The molecular formula is C12H19FO3Si. The molecule has 0 aliphatic heterocycles. The van der Waals surface area contributed by atoms with Crippen molar-refractivity contribution in [3.63, 3.8) is 0 Å². The zero-order valence-electron chi connectivity index (χ0n) is 10.5. The summed E-state index contributed by atoms with van der Waals surface area (Å²) in [6.07, 6.45) is 0.758. The lowest BCUT2D eigenvalue weighted by atomic mass is 10.2. The van der Waals surface area contributed by atoms with Crippen molar-refractivity contribution < 1.29 is 17.7 Å². The first-order valence-corrected chi connectivity index (χ1v) is 7.57. The molecule has 0 fully saturated rings. The third kappa shape index (κ3) is 4.20. The van der Waals surface area contributed by atoms with Gasteiger partial charge in [0.05, 0.1) is 0 Å². The first-order chi connectivity index (χ1) is 8.15. The Morgan fingerprint density at radius 3 is 2.18 bits per heavy atom. The minimum absolute atomic E-state index is 0.222. The van der Waals surface area contributed by atoms with Crippen molar-refractivity contribution >= 4 is 8.80 Å². The van der Waals surface area contributed by atoms with Gasteiger partial charge in [-0.05, 0) is 31.0 Å². The fourth-order valence-electron chi connectivity index (χ4n) is 1.65. The van der Waals surface area contributed by atoms with Gasteiger partial charge in [-0.2, -0.15) is 0 Å². The standard InChI is InChI=1S/C12H19FO3Si/c1-4-16-17(14-2,15-3)10-9-11-5-7-12(13)8-6-11/h5-8H,4,9-10H2,1-3H3. The molecule has 0 amide bonds. The summed E-state index contributed by atoms with van der Waals surface area (Å²) in [6, 6.07) is 7.15. The molecule has 0 aliphatic rings. The van der Waals surface area contributed by atoms with Crippen LogP contribution in [-0.4, -0.2) is 29.6 Å². The van der Waals surface area contributed by atoms with E-state index >= 15 is 0 Å². The summed E-state index contributed by atoms with van der Waals surface area (Å²) in [4.78, 5) is 0. The highest BCUT2D eigenvalue weighted by Gasteiger charge is 2.37. The summed E-state index contributed by atoms with van der Waals surface area (Å²) in [7, 11) is 0.681. The highest BCUT2D eigenvalue weighted by molar-refractivity contribution is 6.60. The van der Waals surface area contributed by atoms with Crippen LogP contribution < -0.4 is 0 Å². The third-order valence-electron chi connectivity index (χ3n) is 2.62. The SMILES string of the molecule is CCO[Si](CCc1ccc(F)cc1)(OC)OC. The summed E-state index contributed by atoms with van der Waals surface area (Å²) in [5.74, 6) is -0.222. The number of hydrogen-bond donors (Lipinski definition) is 0. The number of halogens is 1. The Bertz CT molecular complexity index is 325. The minimum Gasteiger partial charge on any atom is -0.377 e. The van der Waals surface area contributed by atoms with Gasteiger partial charge < -0.3 is 13.3 Å². The molecule has 0 aromatic heterocycles. The van der Waals surface area contributed by atoms with Crippen molar-refractivity contribution in [1.29, 1.82) is 0 Å². The smallest absolute Gasteiger partial charge is 0.377 e. The van der Waals surface area contributed by atoms with Gasteiger partial charge in [0.1, 0.15) is 5.82 Å². The van der Waals surface area contributed by atoms with E-state index in [2.05, 4.69) is 0 Å². The maximum Gasteiger partial charge on any atom is 0.500 e. The number of benzene rings is 1. The maximum atomic E-state index is 12.7. The van der Waals surface area contributed by atoms with Crippen molar-refractivity contribution in [2.75, 3.05) is 20.8 Å². The predicted octanol–water partition coefficient (Wildman–Crippen LogP) is 2.64. The zero-order valence-corrected chi connectivity index (χ0v) is 11.5. The number of rotatable bonds is 7. The van der Waals surface area contributed by atoms with Crippen LogP contribution in [0.4, 0.5) is 4.39 Å². The normalized spacial score (nSPS) is 11.8. The van der Waals surface area contributed by atoms with Crippen molar-refractivity contribution in [3.8, 4) is 0 Å². The summed E-state index contributed by atoms with van der Waals surface area (Å²) in [6.45, 7) is 2.48. The highest BCUT2D eigenvalue weighted by Crippen LogP contribution is 2.17. The van der Waals surface area contributed by atoms with Crippen LogP contribution in [0.1, 0.15) is 12.5 Å². The van der Waals surface area contributed by atoms with Crippen molar-refractivity contribution in [3.05, 3.63) is 35.6 Å². The van der Waals surface area contributed by atoms with E-state index in [9.17, 15) is 4.39 Å². The predicted molar refractivity (Wildman–Crippen MR) is 66.3 cm³/mol. The fourth-order valence-corrected chi connectivity index (χ4v) is 3.64. The van der Waals surface area contributed by atoms with Gasteiger partial charge >= 0.3 is 8.80 Å². The van der Waals surface area contributed by atoms with Crippen molar-refractivity contribution in [2.45, 2.75) is 19.4 Å². The van der Waals surface area contributed by atoms with Crippen LogP contribution in [0.5, 0.6) is 0 Å². The van der Waals surface area contributed by atoms with Gasteiger partial charge in [0, 0.05) is 26.9 Å². The Morgan fingerprint density at radius 1 is 1.12 bits per heavy atom. The summed E-state index contributed by atoms with van der Waals surface area (Å²) in [5.41, 5.74) is 1.05. The van der Waals surface area contributed by atoms with Gasteiger partial charge in [0.25, 0.3) is 0 Å². The molecule has 5 heteroatoms. The second kappa shape index (κ2) is 6.86. The number of hydrogen-bond acceptors (Lipinski definition) is 3. The second-order valence-corrected chi connectivity index (χ2v) is 6.62. The van der Waals surface area contributed by atoms with Gasteiger partial charge in [0.2, 0.25) is 0 Å². The quantitative estimate of drug-likeness (QED) is 0.704. The van der Waals surface area contributed by atoms with Gasteiger partial charge in [-0.3, -0.25) is 0 Å². The lowest BCUT2D eigenvalue weighted by Crippen LogP contribution is -2.44. The first-order valence-electron chi connectivity index (χ1n) is 5.64. The van der Waals surface area contributed by atoms with Crippen molar-refractivity contribution in [2.24, 2.45) is 0 Å².